The van der Waals surface area contributed by atoms with Crippen molar-refractivity contribution in [3.8, 4) is 28.5 Å². The number of aromatic hydroxyl groups is 1. The Morgan fingerprint density at radius 3 is 2.52 bits per heavy atom. The molecule has 2 N–H and O–H groups in total. The SMILES string of the molecule is CCCC(C(=O)Nc1oc(-c2ccccc2)nc1-c1cccc(S)c1)c1ccc(C)cc1O. The number of benzene rings is 3. The standard InChI is InChI=1S/C27H26N2O3S/c1-3-8-22(21-14-13-17(2)15-23(21)30)25(31)29-27-24(19-11-7-12-20(33)16-19)28-26(32-27)18-9-5-4-6-10-18/h4-7,9-16,22,30,33H,3,8H2,1-2H3,(H,29,31). The largest absolute Gasteiger partial charge is 0.508 e. The fourth-order valence-corrected chi connectivity index (χ4v) is 4.05. The minimum absolute atomic E-state index is 0.120. The van der Waals surface area contributed by atoms with Crippen molar-refractivity contribution in [3.05, 3.63) is 83.9 Å². The van der Waals surface area contributed by atoms with E-state index in [9.17, 15) is 9.90 Å². The Labute approximate surface area is 198 Å². The zero-order valence-electron chi connectivity index (χ0n) is 18.6. The van der Waals surface area contributed by atoms with Crippen LogP contribution in [-0.2, 0) is 4.79 Å². The molecular weight excluding hydrogens is 432 g/mol. The molecule has 1 unspecified atom stereocenters. The smallest absolute Gasteiger partial charge is 0.234 e. The molecule has 3 aromatic carbocycles. The summed E-state index contributed by atoms with van der Waals surface area (Å²) in [7, 11) is 0. The predicted octanol–water partition coefficient (Wildman–Crippen LogP) is 6.83. The van der Waals surface area contributed by atoms with Gasteiger partial charge in [0.05, 0.1) is 5.92 Å². The number of nitrogens with zero attached hydrogens (tertiary/aromatic N) is 1. The lowest BCUT2D eigenvalue weighted by Crippen LogP contribution is -2.21. The third-order valence-corrected chi connectivity index (χ3v) is 5.74. The quantitative estimate of drug-likeness (QED) is 0.265. The number of thiol groups is 1. The van der Waals surface area contributed by atoms with Gasteiger partial charge in [0.25, 0.3) is 0 Å². The molecule has 4 aromatic rings. The molecule has 0 aliphatic heterocycles. The Bertz CT molecular complexity index is 1270. The molecule has 0 aliphatic rings. The van der Waals surface area contributed by atoms with E-state index >= 15 is 0 Å². The molecule has 0 fully saturated rings. The number of phenolic OH excluding ortho intramolecular Hbond substituents is 1. The van der Waals surface area contributed by atoms with Crippen molar-refractivity contribution in [2.75, 3.05) is 5.32 Å². The van der Waals surface area contributed by atoms with Crippen LogP contribution in [0, 0.1) is 6.92 Å². The number of aryl methyl sites for hydroxylation is 1. The van der Waals surface area contributed by atoms with Crippen LogP contribution in [-0.4, -0.2) is 16.0 Å². The van der Waals surface area contributed by atoms with Crippen LogP contribution in [0.2, 0.25) is 0 Å². The molecule has 33 heavy (non-hydrogen) atoms. The number of amides is 1. The number of hydrogen-bond donors (Lipinski definition) is 3. The number of phenols is 1. The molecular formula is C27H26N2O3S. The molecule has 0 aliphatic carbocycles. The van der Waals surface area contributed by atoms with Crippen molar-refractivity contribution in [3.63, 3.8) is 0 Å². The molecule has 0 spiro atoms. The summed E-state index contributed by atoms with van der Waals surface area (Å²) in [5, 5.41) is 13.4. The molecule has 4 rings (SSSR count). The van der Waals surface area contributed by atoms with E-state index in [1.807, 2.05) is 80.6 Å². The molecule has 0 bridgehead atoms. The zero-order chi connectivity index (χ0) is 23.4. The summed E-state index contributed by atoms with van der Waals surface area (Å²) >= 11 is 4.44. The minimum atomic E-state index is -0.523. The topological polar surface area (TPSA) is 75.4 Å². The maximum atomic E-state index is 13.4. The second-order valence-corrected chi connectivity index (χ2v) is 8.52. The minimum Gasteiger partial charge on any atom is -0.508 e. The lowest BCUT2D eigenvalue weighted by Gasteiger charge is -2.17. The summed E-state index contributed by atoms with van der Waals surface area (Å²) in [6.07, 6.45) is 1.37. The van der Waals surface area contributed by atoms with Gasteiger partial charge in [0, 0.05) is 21.6 Å². The van der Waals surface area contributed by atoms with E-state index in [2.05, 4.69) is 22.9 Å². The van der Waals surface area contributed by atoms with Gasteiger partial charge in [-0.05, 0) is 49.2 Å². The van der Waals surface area contributed by atoms with Gasteiger partial charge in [-0.25, -0.2) is 4.98 Å². The predicted molar refractivity (Wildman–Crippen MR) is 134 cm³/mol. The highest BCUT2D eigenvalue weighted by Crippen LogP contribution is 2.36. The molecule has 0 saturated carbocycles. The van der Waals surface area contributed by atoms with Gasteiger partial charge in [-0.1, -0.05) is 55.8 Å². The van der Waals surface area contributed by atoms with Crippen molar-refractivity contribution in [1.82, 2.24) is 4.98 Å². The number of aromatic nitrogens is 1. The van der Waals surface area contributed by atoms with Crippen LogP contribution < -0.4 is 5.32 Å². The highest BCUT2D eigenvalue weighted by molar-refractivity contribution is 7.80. The number of hydrogen-bond acceptors (Lipinski definition) is 5. The van der Waals surface area contributed by atoms with E-state index in [1.54, 1.807) is 6.07 Å². The Hall–Kier alpha value is -3.51. The summed E-state index contributed by atoms with van der Waals surface area (Å²) in [6, 6.07) is 22.5. The molecule has 6 heteroatoms. The van der Waals surface area contributed by atoms with Crippen molar-refractivity contribution >= 4 is 24.4 Å². The molecule has 1 atom stereocenters. The van der Waals surface area contributed by atoms with Gasteiger partial charge in [0.15, 0.2) is 0 Å². The van der Waals surface area contributed by atoms with Crippen molar-refractivity contribution in [2.24, 2.45) is 0 Å². The number of carbonyl (C=O) groups excluding carboxylic acids is 1. The first-order valence-electron chi connectivity index (χ1n) is 10.9. The van der Waals surface area contributed by atoms with Crippen LogP contribution in [0.4, 0.5) is 5.88 Å². The number of rotatable bonds is 7. The summed E-state index contributed by atoms with van der Waals surface area (Å²) in [4.78, 5) is 18.9. The monoisotopic (exact) mass is 458 g/mol. The average Bonchev–Trinajstić information content (AvgIpc) is 3.22. The summed E-state index contributed by atoms with van der Waals surface area (Å²) < 4.78 is 6.05. The van der Waals surface area contributed by atoms with E-state index in [4.69, 9.17) is 4.42 Å². The molecule has 168 valence electrons. The Morgan fingerprint density at radius 2 is 1.82 bits per heavy atom. The van der Waals surface area contributed by atoms with E-state index < -0.39 is 5.92 Å². The third kappa shape index (κ3) is 5.12. The molecule has 5 nitrogen and oxygen atoms in total. The van der Waals surface area contributed by atoms with Crippen LogP contribution in [0.5, 0.6) is 5.75 Å². The molecule has 1 amide bonds. The van der Waals surface area contributed by atoms with Crippen LogP contribution in [0.25, 0.3) is 22.7 Å². The Balaban J connectivity index is 1.73. The fraction of sp³-hybridized carbons (Fsp3) is 0.185. The van der Waals surface area contributed by atoms with Gasteiger partial charge >= 0.3 is 0 Å². The van der Waals surface area contributed by atoms with Crippen LogP contribution in [0.1, 0.15) is 36.8 Å². The zero-order valence-corrected chi connectivity index (χ0v) is 19.5. The molecule has 0 radical (unpaired) electrons. The second kappa shape index (κ2) is 9.96. The highest BCUT2D eigenvalue weighted by atomic mass is 32.1. The van der Waals surface area contributed by atoms with Crippen molar-refractivity contribution < 1.29 is 14.3 Å². The van der Waals surface area contributed by atoms with Gasteiger partial charge in [-0.2, -0.15) is 0 Å². The maximum Gasteiger partial charge on any atom is 0.234 e. The first-order chi connectivity index (χ1) is 16.0. The van der Waals surface area contributed by atoms with E-state index in [0.717, 1.165) is 28.0 Å². The van der Waals surface area contributed by atoms with E-state index in [0.29, 0.717) is 23.6 Å². The van der Waals surface area contributed by atoms with Crippen LogP contribution in [0.15, 0.2) is 82.1 Å². The van der Waals surface area contributed by atoms with Gasteiger partial charge in [-0.15, -0.1) is 12.6 Å². The highest BCUT2D eigenvalue weighted by Gasteiger charge is 2.26. The van der Waals surface area contributed by atoms with E-state index in [-0.39, 0.29) is 17.5 Å². The Morgan fingerprint density at radius 1 is 1.06 bits per heavy atom. The van der Waals surface area contributed by atoms with Crippen molar-refractivity contribution in [2.45, 2.75) is 37.5 Å². The number of anilines is 1. The molecule has 1 aromatic heterocycles. The molecule has 1 heterocycles. The van der Waals surface area contributed by atoms with Gasteiger partial charge in [-0.3, -0.25) is 10.1 Å². The van der Waals surface area contributed by atoms with Gasteiger partial charge in [0.1, 0.15) is 11.4 Å². The summed E-state index contributed by atoms with van der Waals surface area (Å²) in [5.41, 5.74) is 3.66. The fourth-order valence-electron chi connectivity index (χ4n) is 3.82. The first kappa shape index (κ1) is 22.7. The van der Waals surface area contributed by atoms with E-state index in [1.165, 1.54) is 0 Å². The lowest BCUT2D eigenvalue weighted by atomic mass is 9.92. The normalized spacial score (nSPS) is 11.8. The average molecular weight is 459 g/mol. The van der Waals surface area contributed by atoms with Crippen LogP contribution in [0.3, 0.4) is 0 Å². The van der Waals surface area contributed by atoms with Gasteiger partial charge < -0.3 is 9.52 Å². The van der Waals surface area contributed by atoms with Crippen molar-refractivity contribution in [1.29, 1.82) is 0 Å². The number of oxazole rings is 1. The first-order valence-corrected chi connectivity index (χ1v) is 11.4. The molecule has 0 saturated heterocycles. The Kier molecular flexibility index (Phi) is 6.84. The lowest BCUT2D eigenvalue weighted by molar-refractivity contribution is -0.117. The summed E-state index contributed by atoms with van der Waals surface area (Å²) in [5.74, 6) is 0.0234. The van der Waals surface area contributed by atoms with Gasteiger partial charge in [0.2, 0.25) is 17.7 Å². The summed E-state index contributed by atoms with van der Waals surface area (Å²) in [6.45, 7) is 3.91. The second-order valence-electron chi connectivity index (χ2n) is 8.01. The maximum absolute atomic E-state index is 13.4. The van der Waals surface area contributed by atoms with Crippen LogP contribution >= 0.6 is 12.6 Å². The number of nitrogens with one attached hydrogen (secondary N) is 1. The third-order valence-electron chi connectivity index (χ3n) is 5.46. The number of carbonyl (C=O) groups is 1.